The largest absolute Gasteiger partial charge is 0.335 e. The van der Waals surface area contributed by atoms with Crippen molar-refractivity contribution in [1.82, 2.24) is 10.1 Å². The number of hydrogen-bond donors (Lipinski definition) is 1. The van der Waals surface area contributed by atoms with Gasteiger partial charge in [-0.15, -0.1) is 0 Å². The van der Waals surface area contributed by atoms with Crippen molar-refractivity contribution >= 4 is 17.8 Å². The van der Waals surface area contributed by atoms with Crippen molar-refractivity contribution in [3.8, 4) is 0 Å². The Morgan fingerprint density at radius 3 is 2.93 bits per heavy atom. The Labute approximate surface area is 88.8 Å². The Kier molecular flexibility index (Phi) is 4.79. The average Bonchev–Trinajstić information content (AvgIpc) is 2.52. The minimum Gasteiger partial charge on any atom is -0.335 e. The molecule has 1 aromatic heterocycles. The molecule has 80 valence electrons. The fourth-order valence-electron chi connectivity index (χ4n) is 1.04. The lowest BCUT2D eigenvalue weighted by Crippen LogP contribution is -2.16. The van der Waals surface area contributed by atoms with Crippen LogP contribution < -0.4 is 5.32 Å². The first-order chi connectivity index (χ1) is 6.72. The summed E-state index contributed by atoms with van der Waals surface area (Å²) in [5.41, 5.74) is 0. The molecule has 0 aromatic carbocycles. The van der Waals surface area contributed by atoms with Crippen LogP contribution in [0.25, 0.3) is 0 Å². The normalized spacial score (nSPS) is 12.8. The molecular formula is C9H17N3OS. The first kappa shape index (κ1) is 11.4. The number of hydrogen-bond acceptors (Lipinski definition) is 5. The van der Waals surface area contributed by atoms with E-state index < -0.39 is 0 Å². The van der Waals surface area contributed by atoms with Crippen LogP contribution in [0.1, 0.15) is 26.1 Å². The molecule has 0 radical (unpaired) electrons. The lowest BCUT2D eigenvalue weighted by molar-refractivity contribution is 0.422. The van der Waals surface area contributed by atoms with Gasteiger partial charge in [-0.05, 0) is 31.8 Å². The highest BCUT2D eigenvalue weighted by Gasteiger charge is 2.06. The van der Waals surface area contributed by atoms with Gasteiger partial charge in [-0.2, -0.15) is 16.7 Å². The summed E-state index contributed by atoms with van der Waals surface area (Å²) in [6.45, 7) is 6.10. The molecule has 0 aliphatic heterocycles. The van der Waals surface area contributed by atoms with Crippen LogP contribution >= 0.6 is 11.8 Å². The highest BCUT2D eigenvalue weighted by Crippen LogP contribution is 2.09. The van der Waals surface area contributed by atoms with Crippen LogP contribution in [-0.2, 0) is 0 Å². The van der Waals surface area contributed by atoms with E-state index in [0.29, 0.717) is 17.9 Å². The number of anilines is 1. The lowest BCUT2D eigenvalue weighted by atomic mass is 10.3. The molecule has 0 amide bonds. The van der Waals surface area contributed by atoms with Crippen molar-refractivity contribution in [2.24, 2.45) is 0 Å². The van der Waals surface area contributed by atoms with Gasteiger partial charge in [-0.3, -0.25) is 0 Å². The third kappa shape index (κ3) is 4.00. The van der Waals surface area contributed by atoms with E-state index in [9.17, 15) is 0 Å². The Bertz CT molecular complexity index is 264. The molecule has 1 aromatic rings. The summed E-state index contributed by atoms with van der Waals surface area (Å²) in [7, 11) is 0. The second kappa shape index (κ2) is 5.90. The molecule has 1 rings (SSSR count). The topological polar surface area (TPSA) is 51.0 Å². The molecule has 0 aliphatic rings. The van der Waals surface area contributed by atoms with Gasteiger partial charge in [0.25, 0.3) is 0 Å². The molecule has 1 N–H and O–H groups in total. The maximum Gasteiger partial charge on any atom is 0.321 e. The zero-order valence-corrected chi connectivity index (χ0v) is 9.73. The molecule has 1 unspecified atom stereocenters. The van der Waals surface area contributed by atoms with E-state index in [1.54, 1.807) is 0 Å². The average molecular weight is 215 g/mol. The summed E-state index contributed by atoms with van der Waals surface area (Å²) in [6.07, 6.45) is 1.11. The lowest BCUT2D eigenvalue weighted by Gasteiger charge is -2.10. The monoisotopic (exact) mass is 215 g/mol. The molecule has 0 saturated heterocycles. The molecule has 14 heavy (non-hydrogen) atoms. The molecule has 0 saturated carbocycles. The highest BCUT2D eigenvalue weighted by atomic mass is 32.2. The Balaban J connectivity index is 2.23. The van der Waals surface area contributed by atoms with Crippen molar-refractivity contribution in [3.05, 3.63) is 5.82 Å². The van der Waals surface area contributed by atoms with Crippen LogP contribution in [0.2, 0.25) is 0 Å². The highest BCUT2D eigenvalue weighted by molar-refractivity contribution is 7.99. The number of nitrogens with one attached hydrogen (secondary N) is 1. The second-order valence-electron chi connectivity index (χ2n) is 3.18. The fraction of sp³-hybridized carbons (Fsp3) is 0.778. The predicted octanol–water partition coefficient (Wildman–Crippen LogP) is 2.32. The third-order valence-corrected chi connectivity index (χ3v) is 2.73. The van der Waals surface area contributed by atoms with Gasteiger partial charge in [0.1, 0.15) is 0 Å². The number of aromatic nitrogens is 2. The Morgan fingerprint density at radius 2 is 2.36 bits per heavy atom. The Hall–Kier alpha value is -0.710. The van der Waals surface area contributed by atoms with Crippen molar-refractivity contribution < 1.29 is 4.52 Å². The van der Waals surface area contributed by atoms with Crippen LogP contribution in [-0.4, -0.2) is 27.7 Å². The van der Waals surface area contributed by atoms with Gasteiger partial charge < -0.3 is 9.84 Å². The van der Waals surface area contributed by atoms with Gasteiger partial charge in [0.15, 0.2) is 5.82 Å². The van der Waals surface area contributed by atoms with Crippen LogP contribution in [0.4, 0.5) is 6.01 Å². The number of thioether (sulfide) groups is 1. The van der Waals surface area contributed by atoms with Gasteiger partial charge in [0.05, 0.1) is 0 Å². The van der Waals surface area contributed by atoms with Crippen LogP contribution in [0.3, 0.4) is 0 Å². The van der Waals surface area contributed by atoms with E-state index in [0.717, 1.165) is 12.2 Å². The molecule has 4 nitrogen and oxygen atoms in total. The van der Waals surface area contributed by atoms with E-state index >= 15 is 0 Å². The first-order valence-corrected chi connectivity index (χ1v) is 6.02. The smallest absolute Gasteiger partial charge is 0.321 e. The van der Waals surface area contributed by atoms with E-state index in [1.165, 1.54) is 5.75 Å². The number of rotatable bonds is 6. The summed E-state index contributed by atoms with van der Waals surface area (Å²) >= 11 is 1.95. The number of aryl methyl sites for hydroxylation is 1. The van der Waals surface area contributed by atoms with Gasteiger partial charge in [-0.1, -0.05) is 12.1 Å². The zero-order chi connectivity index (χ0) is 10.4. The SMILES string of the molecule is CCSCCC(C)Nc1nc(C)no1. The molecule has 0 fully saturated rings. The van der Waals surface area contributed by atoms with Gasteiger partial charge in [0.2, 0.25) is 0 Å². The van der Waals surface area contributed by atoms with E-state index in [2.05, 4.69) is 29.3 Å². The fourth-order valence-corrected chi connectivity index (χ4v) is 1.85. The van der Waals surface area contributed by atoms with E-state index in [1.807, 2.05) is 18.7 Å². The molecule has 0 bridgehead atoms. The van der Waals surface area contributed by atoms with Crippen molar-refractivity contribution in [3.63, 3.8) is 0 Å². The summed E-state index contributed by atoms with van der Waals surface area (Å²) in [6, 6.07) is 0.908. The summed E-state index contributed by atoms with van der Waals surface area (Å²) in [5, 5.41) is 6.88. The molecular weight excluding hydrogens is 198 g/mol. The van der Waals surface area contributed by atoms with E-state index in [-0.39, 0.29) is 0 Å². The first-order valence-electron chi connectivity index (χ1n) is 4.87. The van der Waals surface area contributed by atoms with Crippen molar-refractivity contribution in [2.45, 2.75) is 33.2 Å². The Morgan fingerprint density at radius 1 is 1.57 bits per heavy atom. The van der Waals surface area contributed by atoms with Gasteiger partial charge in [0, 0.05) is 6.04 Å². The molecule has 1 atom stereocenters. The minimum absolute atomic E-state index is 0.383. The second-order valence-corrected chi connectivity index (χ2v) is 4.57. The van der Waals surface area contributed by atoms with Crippen molar-refractivity contribution in [1.29, 1.82) is 0 Å². The summed E-state index contributed by atoms with van der Waals surface area (Å²) in [5.74, 6) is 3.01. The van der Waals surface area contributed by atoms with Crippen LogP contribution in [0, 0.1) is 6.92 Å². The molecule has 0 spiro atoms. The standard InChI is InChI=1S/C9H17N3OS/c1-4-14-6-5-7(2)10-9-11-8(3)12-13-9/h7H,4-6H2,1-3H3,(H,10,11,12). The predicted molar refractivity (Wildman–Crippen MR) is 59.7 cm³/mol. The van der Waals surface area contributed by atoms with E-state index in [4.69, 9.17) is 4.52 Å². The summed E-state index contributed by atoms with van der Waals surface area (Å²) < 4.78 is 4.96. The quantitative estimate of drug-likeness (QED) is 0.738. The van der Waals surface area contributed by atoms with Gasteiger partial charge in [-0.25, -0.2) is 0 Å². The molecule has 0 aliphatic carbocycles. The number of nitrogens with zero attached hydrogens (tertiary/aromatic N) is 2. The summed E-state index contributed by atoms with van der Waals surface area (Å²) in [4.78, 5) is 4.08. The molecule has 1 heterocycles. The molecule has 5 heteroatoms. The van der Waals surface area contributed by atoms with Crippen LogP contribution in [0.15, 0.2) is 4.52 Å². The van der Waals surface area contributed by atoms with Crippen molar-refractivity contribution in [2.75, 3.05) is 16.8 Å². The maximum absolute atomic E-state index is 4.96. The third-order valence-electron chi connectivity index (χ3n) is 1.80. The zero-order valence-electron chi connectivity index (χ0n) is 8.91. The maximum atomic E-state index is 4.96. The van der Waals surface area contributed by atoms with Crippen LogP contribution in [0.5, 0.6) is 0 Å². The minimum atomic E-state index is 0.383. The van der Waals surface area contributed by atoms with Gasteiger partial charge >= 0.3 is 6.01 Å².